The van der Waals surface area contributed by atoms with Crippen LogP contribution < -0.4 is 11.1 Å². The van der Waals surface area contributed by atoms with Crippen LogP contribution in [-0.4, -0.2) is 44.3 Å². The van der Waals surface area contributed by atoms with Gasteiger partial charge >= 0.3 is 5.97 Å². The van der Waals surface area contributed by atoms with Gasteiger partial charge in [0.1, 0.15) is 6.04 Å². The largest absolute Gasteiger partial charge is 0.467 e. The molecule has 0 aliphatic heterocycles. The minimum absolute atomic E-state index is 0.0372. The van der Waals surface area contributed by atoms with Crippen molar-refractivity contribution in [3.63, 3.8) is 0 Å². The van der Waals surface area contributed by atoms with Gasteiger partial charge in [-0.2, -0.15) is 0 Å². The van der Waals surface area contributed by atoms with Crippen molar-refractivity contribution >= 4 is 11.9 Å². The first-order valence-corrected chi connectivity index (χ1v) is 6.15. The minimum atomic E-state index is -0.637. The molecule has 0 saturated heterocycles. The molecule has 0 bridgehead atoms. The SMILES string of the molecule is CCOC(CN)CC(=O)N[C@H](C(=O)OC)C(C)C. The molecule has 0 rings (SSSR count). The van der Waals surface area contributed by atoms with Crippen LogP contribution in [0, 0.1) is 5.92 Å². The standard InChI is InChI=1S/C12H24N2O4/c1-5-18-9(7-13)6-10(15)14-11(8(2)3)12(16)17-4/h8-9,11H,5-7,13H2,1-4H3,(H,14,15)/t9?,11-/m0/s1. The molecular weight excluding hydrogens is 236 g/mol. The minimum Gasteiger partial charge on any atom is -0.467 e. The molecule has 2 atom stereocenters. The number of methoxy groups -OCH3 is 1. The molecule has 0 aliphatic rings. The Morgan fingerprint density at radius 2 is 1.94 bits per heavy atom. The molecule has 6 heteroatoms. The van der Waals surface area contributed by atoms with Crippen LogP contribution in [-0.2, 0) is 19.1 Å². The molecule has 6 nitrogen and oxygen atoms in total. The number of hydrogen-bond donors (Lipinski definition) is 2. The Hall–Kier alpha value is -1.14. The summed E-state index contributed by atoms with van der Waals surface area (Å²) in [6.45, 7) is 6.28. The maximum Gasteiger partial charge on any atom is 0.328 e. The first-order valence-electron chi connectivity index (χ1n) is 6.15. The summed E-state index contributed by atoms with van der Waals surface area (Å²) in [5, 5.41) is 2.64. The van der Waals surface area contributed by atoms with Crippen molar-refractivity contribution in [1.29, 1.82) is 0 Å². The van der Waals surface area contributed by atoms with E-state index in [9.17, 15) is 9.59 Å². The van der Waals surface area contributed by atoms with Crippen LogP contribution in [0.4, 0.5) is 0 Å². The average molecular weight is 260 g/mol. The summed E-state index contributed by atoms with van der Waals surface area (Å²) in [6, 6.07) is -0.637. The number of esters is 1. The molecule has 0 aromatic heterocycles. The van der Waals surface area contributed by atoms with Crippen molar-refractivity contribution in [1.82, 2.24) is 5.32 Å². The van der Waals surface area contributed by atoms with E-state index in [1.165, 1.54) is 7.11 Å². The van der Waals surface area contributed by atoms with Crippen molar-refractivity contribution in [3.05, 3.63) is 0 Å². The number of nitrogens with one attached hydrogen (secondary N) is 1. The first kappa shape index (κ1) is 16.9. The second-order valence-electron chi connectivity index (χ2n) is 4.33. The van der Waals surface area contributed by atoms with Gasteiger partial charge in [0, 0.05) is 13.2 Å². The fraction of sp³-hybridized carbons (Fsp3) is 0.833. The summed E-state index contributed by atoms with van der Waals surface area (Å²) >= 11 is 0. The normalized spacial score (nSPS) is 14.1. The average Bonchev–Trinajstić information content (AvgIpc) is 2.34. The molecule has 3 N–H and O–H groups in total. The molecule has 18 heavy (non-hydrogen) atoms. The van der Waals surface area contributed by atoms with Crippen LogP contribution in [0.2, 0.25) is 0 Å². The van der Waals surface area contributed by atoms with Gasteiger partial charge in [-0.05, 0) is 12.8 Å². The van der Waals surface area contributed by atoms with Gasteiger partial charge in [-0.25, -0.2) is 4.79 Å². The highest BCUT2D eigenvalue weighted by Gasteiger charge is 2.25. The third-order valence-electron chi connectivity index (χ3n) is 2.52. The van der Waals surface area contributed by atoms with Gasteiger partial charge < -0.3 is 20.5 Å². The molecule has 0 aromatic carbocycles. The van der Waals surface area contributed by atoms with Gasteiger partial charge in [-0.3, -0.25) is 4.79 Å². The van der Waals surface area contributed by atoms with Crippen molar-refractivity contribution < 1.29 is 19.1 Å². The van der Waals surface area contributed by atoms with Crippen LogP contribution in [0.1, 0.15) is 27.2 Å². The molecule has 0 spiro atoms. The Morgan fingerprint density at radius 1 is 1.33 bits per heavy atom. The molecule has 1 amide bonds. The third-order valence-corrected chi connectivity index (χ3v) is 2.52. The van der Waals surface area contributed by atoms with E-state index in [1.807, 2.05) is 20.8 Å². The van der Waals surface area contributed by atoms with Crippen molar-refractivity contribution in [3.8, 4) is 0 Å². The highest BCUT2D eigenvalue weighted by Crippen LogP contribution is 2.05. The number of carbonyl (C=O) groups excluding carboxylic acids is 2. The van der Waals surface area contributed by atoms with Crippen LogP contribution in [0.15, 0.2) is 0 Å². The summed E-state index contributed by atoms with van der Waals surface area (Å²) in [5.41, 5.74) is 5.49. The number of carbonyl (C=O) groups is 2. The Morgan fingerprint density at radius 3 is 2.33 bits per heavy atom. The molecule has 0 saturated carbocycles. The summed E-state index contributed by atoms with van der Waals surface area (Å²) < 4.78 is 9.93. The van der Waals surface area contributed by atoms with E-state index in [0.717, 1.165) is 0 Å². The number of nitrogens with two attached hydrogens (primary N) is 1. The maximum absolute atomic E-state index is 11.8. The Kier molecular flexibility index (Phi) is 8.32. The summed E-state index contributed by atoms with van der Waals surface area (Å²) in [5.74, 6) is -0.744. The van der Waals surface area contributed by atoms with E-state index in [1.54, 1.807) is 0 Å². The molecule has 1 unspecified atom stereocenters. The van der Waals surface area contributed by atoms with E-state index in [-0.39, 0.29) is 30.9 Å². The lowest BCUT2D eigenvalue weighted by Gasteiger charge is -2.21. The van der Waals surface area contributed by atoms with Gasteiger partial charge in [-0.1, -0.05) is 13.8 Å². The first-order chi connectivity index (χ1) is 8.46. The molecular formula is C12H24N2O4. The topological polar surface area (TPSA) is 90.6 Å². The second kappa shape index (κ2) is 8.88. The molecule has 0 radical (unpaired) electrons. The van der Waals surface area contributed by atoms with Gasteiger partial charge in [-0.15, -0.1) is 0 Å². The number of hydrogen-bond acceptors (Lipinski definition) is 5. The second-order valence-corrected chi connectivity index (χ2v) is 4.33. The fourth-order valence-electron chi connectivity index (χ4n) is 1.51. The van der Waals surface area contributed by atoms with Crippen LogP contribution in [0.5, 0.6) is 0 Å². The monoisotopic (exact) mass is 260 g/mol. The predicted octanol–water partition coefficient (Wildman–Crippen LogP) is 0.0541. The van der Waals surface area contributed by atoms with Crippen molar-refractivity contribution in [2.45, 2.75) is 39.3 Å². The number of rotatable bonds is 8. The van der Waals surface area contributed by atoms with E-state index in [4.69, 9.17) is 10.5 Å². The third kappa shape index (κ3) is 5.97. The summed E-state index contributed by atoms with van der Waals surface area (Å²) in [7, 11) is 1.30. The van der Waals surface area contributed by atoms with E-state index in [0.29, 0.717) is 6.61 Å². The Balaban J connectivity index is 4.37. The molecule has 0 heterocycles. The molecule has 106 valence electrons. The number of ether oxygens (including phenoxy) is 2. The fourth-order valence-corrected chi connectivity index (χ4v) is 1.51. The van der Waals surface area contributed by atoms with E-state index >= 15 is 0 Å². The summed E-state index contributed by atoms with van der Waals surface area (Å²) in [4.78, 5) is 23.2. The highest BCUT2D eigenvalue weighted by molar-refractivity contribution is 5.84. The quantitative estimate of drug-likeness (QED) is 0.602. The van der Waals surface area contributed by atoms with Crippen molar-refractivity contribution in [2.75, 3.05) is 20.3 Å². The Bertz CT molecular complexity index is 269. The van der Waals surface area contributed by atoms with E-state index in [2.05, 4.69) is 10.1 Å². The predicted molar refractivity (Wildman–Crippen MR) is 67.9 cm³/mol. The van der Waals surface area contributed by atoms with Crippen LogP contribution in [0.25, 0.3) is 0 Å². The van der Waals surface area contributed by atoms with Gasteiger partial charge in [0.25, 0.3) is 0 Å². The molecule has 0 aliphatic carbocycles. The lowest BCUT2D eigenvalue weighted by molar-refractivity contribution is -0.146. The van der Waals surface area contributed by atoms with Gasteiger partial charge in [0.05, 0.1) is 19.6 Å². The molecule has 0 fully saturated rings. The Labute approximate surface area is 108 Å². The van der Waals surface area contributed by atoms with Gasteiger partial charge in [0.15, 0.2) is 0 Å². The smallest absolute Gasteiger partial charge is 0.328 e. The van der Waals surface area contributed by atoms with Gasteiger partial charge in [0.2, 0.25) is 5.91 Å². The highest BCUT2D eigenvalue weighted by atomic mass is 16.5. The van der Waals surface area contributed by atoms with Crippen molar-refractivity contribution in [2.24, 2.45) is 11.7 Å². The zero-order valence-electron chi connectivity index (χ0n) is 11.6. The lowest BCUT2D eigenvalue weighted by atomic mass is 10.0. The zero-order valence-corrected chi connectivity index (χ0v) is 11.6. The maximum atomic E-state index is 11.8. The van der Waals surface area contributed by atoms with Crippen LogP contribution in [0.3, 0.4) is 0 Å². The zero-order chi connectivity index (χ0) is 14.1. The summed E-state index contributed by atoms with van der Waals surface area (Å²) in [6.07, 6.45) is -0.176. The lowest BCUT2D eigenvalue weighted by Crippen LogP contribution is -2.46. The number of amides is 1. The van der Waals surface area contributed by atoms with Crippen LogP contribution >= 0.6 is 0 Å². The molecule has 0 aromatic rings. The van der Waals surface area contributed by atoms with E-state index < -0.39 is 12.0 Å².